The number of rotatable bonds is 3. The largest absolute Gasteiger partial charge is 0.302 e. The number of allylic oxidation sites excluding steroid dienone is 2. The van der Waals surface area contributed by atoms with Gasteiger partial charge in [0.1, 0.15) is 0 Å². The summed E-state index contributed by atoms with van der Waals surface area (Å²) in [5.41, 5.74) is -0.783. The van der Waals surface area contributed by atoms with Gasteiger partial charge in [-0.15, -0.1) is 18.8 Å². The van der Waals surface area contributed by atoms with Crippen LogP contribution in [0.2, 0.25) is 0 Å². The lowest BCUT2D eigenvalue weighted by Gasteiger charge is -2.37. The van der Waals surface area contributed by atoms with Crippen molar-refractivity contribution < 1.29 is 0 Å². The van der Waals surface area contributed by atoms with E-state index in [0.717, 1.165) is 0 Å². The quantitative estimate of drug-likeness (QED) is 0.356. The van der Waals surface area contributed by atoms with E-state index in [-0.39, 0.29) is 0 Å². The second-order valence-electron chi connectivity index (χ2n) is 6.38. The maximum absolute atomic E-state index is 3.53. The van der Waals surface area contributed by atoms with Crippen LogP contribution in [0.5, 0.6) is 0 Å². The third-order valence-corrected chi connectivity index (χ3v) is 3.32. The fraction of sp³-hybridized carbons (Fsp3) is 0.0833. The van der Waals surface area contributed by atoms with Crippen molar-refractivity contribution in [2.24, 2.45) is 5.41 Å². The Morgan fingerprint density at radius 1 is 0.595 bits per heavy atom. The second-order valence-corrected chi connectivity index (χ2v) is 6.38. The SMILES string of the molecule is C=C[CH-]C#CC#CC#CC#CN(C#CC#CC#CC#C[CH-]C=C)[C-]1C#CC#CC#CC#CC#CC1(C)C. The average Bonchev–Trinajstić information content (AvgIpc) is 2.88. The third-order valence-electron chi connectivity index (χ3n) is 3.32. The van der Waals surface area contributed by atoms with Crippen molar-refractivity contribution in [3.05, 3.63) is 44.2 Å². The number of hydrogen-bond donors (Lipinski definition) is 0. The van der Waals surface area contributed by atoms with Gasteiger partial charge in [-0.25, -0.2) is 17.8 Å². The predicted molar refractivity (Wildman–Crippen MR) is 149 cm³/mol. The fourth-order valence-corrected chi connectivity index (χ4v) is 1.85. The molecule has 1 aliphatic carbocycles. The predicted octanol–water partition coefficient (Wildman–Crippen LogP) is 2.60. The molecule has 0 saturated heterocycles. The third kappa shape index (κ3) is 14.0. The van der Waals surface area contributed by atoms with Crippen LogP contribution in [0.4, 0.5) is 0 Å². The van der Waals surface area contributed by atoms with E-state index in [1.807, 2.05) is 13.8 Å². The summed E-state index contributed by atoms with van der Waals surface area (Å²) >= 11 is 0. The highest BCUT2D eigenvalue weighted by Crippen LogP contribution is 2.30. The van der Waals surface area contributed by atoms with Crippen molar-refractivity contribution in [3.8, 4) is 154 Å². The van der Waals surface area contributed by atoms with E-state index in [9.17, 15) is 0 Å². The van der Waals surface area contributed by atoms with Crippen LogP contribution in [0, 0.1) is 178 Å². The normalized spacial score (nSPS) is 9.08. The summed E-state index contributed by atoms with van der Waals surface area (Å²) in [6.07, 6.45) is 6.29. The minimum Gasteiger partial charge on any atom is -0.302 e. The Bertz CT molecular complexity index is 1680. The molecule has 0 N–H and O–H groups in total. The molecule has 0 aromatic rings. The van der Waals surface area contributed by atoms with E-state index in [2.05, 4.69) is 167 Å². The lowest BCUT2D eigenvalue weighted by Crippen LogP contribution is -2.31. The molecule has 1 aliphatic rings. The van der Waals surface area contributed by atoms with E-state index < -0.39 is 5.41 Å². The molecule has 1 rings (SSSR count). The lowest BCUT2D eigenvalue weighted by molar-refractivity contribution is 0.419. The van der Waals surface area contributed by atoms with Gasteiger partial charge in [-0.2, -0.15) is 37.2 Å². The highest BCUT2D eigenvalue weighted by atomic mass is 15.1. The van der Waals surface area contributed by atoms with Crippen LogP contribution < -0.4 is 0 Å². The first-order valence-electron chi connectivity index (χ1n) is 10.2. The van der Waals surface area contributed by atoms with E-state index in [1.165, 1.54) is 4.90 Å². The molecule has 0 bridgehead atoms. The average molecular weight is 461 g/mol. The summed E-state index contributed by atoms with van der Waals surface area (Å²) < 4.78 is 0. The van der Waals surface area contributed by atoms with Crippen molar-refractivity contribution in [1.29, 1.82) is 0 Å². The van der Waals surface area contributed by atoms with Gasteiger partial charge in [-0.3, -0.25) is 5.92 Å². The van der Waals surface area contributed by atoms with Crippen molar-refractivity contribution in [2.75, 3.05) is 0 Å². The van der Waals surface area contributed by atoms with Crippen molar-refractivity contribution in [2.45, 2.75) is 13.8 Å². The molecule has 1 heteroatoms. The molecule has 37 heavy (non-hydrogen) atoms. The summed E-state index contributed by atoms with van der Waals surface area (Å²) in [6.45, 7) is 10.8. The van der Waals surface area contributed by atoms with E-state index in [1.54, 1.807) is 25.0 Å². The minimum absolute atomic E-state index is 0.460. The maximum Gasteiger partial charge on any atom is 0.0217 e. The molecule has 0 atom stereocenters. The molecule has 166 valence electrons. The molecule has 0 aliphatic heterocycles. The van der Waals surface area contributed by atoms with Gasteiger partial charge in [0, 0.05) is 41.2 Å². The Hall–Kier alpha value is -6.83. The molecule has 1 nitrogen and oxygen atoms in total. The lowest BCUT2D eigenvalue weighted by atomic mass is 9.84. The molecule has 0 aromatic heterocycles. The van der Waals surface area contributed by atoms with Gasteiger partial charge in [0.05, 0.1) is 0 Å². The first-order valence-corrected chi connectivity index (χ1v) is 10.2. The topological polar surface area (TPSA) is 3.24 Å². The molecule has 0 heterocycles. The monoisotopic (exact) mass is 460 g/mol. The van der Waals surface area contributed by atoms with Crippen molar-refractivity contribution in [3.63, 3.8) is 0 Å². The number of hydrogen-bond acceptors (Lipinski definition) is 1. The summed E-state index contributed by atoms with van der Waals surface area (Å²) in [7, 11) is 0. The van der Waals surface area contributed by atoms with Gasteiger partial charge < -0.3 is 4.90 Å². The molecule has 0 spiro atoms. The Balaban J connectivity index is 3.41. The van der Waals surface area contributed by atoms with Crippen LogP contribution in [0.3, 0.4) is 0 Å². The van der Waals surface area contributed by atoms with Gasteiger partial charge in [0.15, 0.2) is 0 Å². The number of nitrogens with zero attached hydrogens (tertiary/aromatic N) is 1. The van der Waals surface area contributed by atoms with E-state index in [0.29, 0.717) is 6.04 Å². The molecular formula is C36H14N-3. The van der Waals surface area contributed by atoms with Gasteiger partial charge in [-0.1, -0.05) is 31.6 Å². The zero-order chi connectivity index (χ0) is 26.9. The first-order chi connectivity index (χ1) is 18.1. The highest BCUT2D eigenvalue weighted by Gasteiger charge is 2.22. The van der Waals surface area contributed by atoms with Crippen LogP contribution >= 0.6 is 0 Å². The van der Waals surface area contributed by atoms with E-state index in [4.69, 9.17) is 0 Å². The molecule has 0 radical (unpaired) electrons. The fourth-order valence-electron chi connectivity index (χ4n) is 1.85. The van der Waals surface area contributed by atoms with E-state index >= 15 is 0 Å². The summed E-state index contributed by atoms with van der Waals surface area (Å²) in [6, 6.07) is 6.16. The van der Waals surface area contributed by atoms with Gasteiger partial charge >= 0.3 is 0 Å². The van der Waals surface area contributed by atoms with Crippen molar-refractivity contribution in [1.82, 2.24) is 4.90 Å². The molecule has 0 unspecified atom stereocenters. The molecule has 0 amide bonds. The molecule has 0 aromatic carbocycles. The first kappa shape index (κ1) is 28.2. The van der Waals surface area contributed by atoms with Crippen LogP contribution in [-0.4, -0.2) is 4.90 Å². The van der Waals surface area contributed by atoms with Crippen molar-refractivity contribution >= 4 is 0 Å². The van der Waals surface area contributed by atoms with Gasteiger partial charge in [0.25, 0.3) is 0 Å². The van der Waals surface area contributed by atoms with Crippen LogP contribution in [0.25, 0.3) is 0 Å². The van der Waals surface area contributed by atoms with Crippen LogP contribution in [0.1, 0.15) is 13.8 Å². The highest BCUT2D eigenvalue weighted by molar-refractivity contribution is 5.50. The van der Waals surface area contributed by atoms with Gasteiger partial charge in [0.2, 0.25) is 0 Å². The Kier molecular flexibility index (Phi) is 14.3. The molecule has 0 saturated carbocycles. The Labute approximate surface area is 222 Å². The summed E-state index contributed by atoms with van der Waals surface area (Å²) in [5.74, 6) is 64.1. The Morgan fingerprint density at radius 2 is 1.00 bits per heavy atom. The standard InChI is InChI=1S/C36H14N/c1-5-7-9-11-13-17-21-25-29-33-37(34-30-26-22-18-14-12-10-8-6-2)35-31-27-23-19-15-16-20-24-28-32-36(35,3)4/h5-8H,1-2H2,3-4H3/q-3. The summed E-state index contributed by atoms with van der Waals surface area (Å²) in [4.78, 5) is 1.40. The van der Waals surface area contributed by atoms with Crippen LogP contribution in [-0.2, 0) is 0 Å². The zero-order valence-corrected chi connectivity index (χ0v) is 20.2. The zero-order valence-electron chi connectivity index (χ0n) is 20.2. The van der Waals surface area contributed by atoms with Crippen LogP contribution in [0.15, 0.2) is 25.3 Å². The summed E-state index contributed by atoms with van der Waals surface area (Å²) in [5, 5.41) is 0. The minimum atomic E-state index is -0.783. The second kappa shape index (κ2) is 18.7. The molecular weight excluding hydrogens is 446 g/mol. The maximum atomic E-state index is 3.53. The van der Waals surface area contributed by atoms with Gasteiger partial charge in [-0.05, 0) is 65.2 Å². The smallest absolute Gasteiger partial charge is 0.0217 e. The Morgan fingerprint density at radius 3 is 1.49 bits per heavy atom. The molecule has 0 fully saturated rings.